The van der Waals surface area contributed by atoms with Gasteiger partial charge in [-0.2, -0.15) is 0 Å². The highest BCUT2D eigenvalue weighted by Gasteiger charge is 2.15. The van der Waals surface area contributed by atoms with E-state index in [0.29, 0.717) is 18.7 Å². The molecule has 5 heteroatoms. The molecular formula is C19H22N2O3. The van der Waals surface area contributed by atoms with E-state index in [1.807, 2.05) is 42.5 Å². The van der Waals surface area contributed by atoms with E-state index < -0.39 is 0 Å². The van der Waals surface area contributed by atoms with Gasteiger partial charge >= 0.3 is 0 Å². The fraction of sp³-hybridized carbons (Fsp3) is 0.263. The van der Waals surface area contributed by atoms with Gasteiger partial charge in [0.1, 0.15) is 0 Å². The Morgan fingerprint density at radius 3 is 2.25 bits per heavy atom. The third-order valence-corrected chi connectivity index (χ3v) is 3.62. The summed E-state index contributed by atoms with van der Waals surface area (Å²) >= 11 is 0. The van der Waals surface area contributed by atoms with Crippen LogP contribution in [0.1, 0.15) is 28.4 Å². The smallest absolute Gasteiger partial charge is 0.254 e. The van der Waals surface area contributed by atoms with E-state index in [9.17, 15) is 14.7 Å². The van der Waals surface area contributed by atoms with Crippen molar-refractivity contribution in [1.29, 1.82) is 0 Å². The molecule has 0 atom stereocenters. The van der Waals surface area contributed by atoms with Crippen molar-refractivity contribution in [3.63, 3.8) is 0 Å². The Morgan fingerprint density at radius 2 is 1.67 bits per heavy atom. The Hall–Kier alpha value is -2.66. The van der Waals surface area contributed by atoms with E-state index in [0.717, 1.165) is 11.1 Å². The van der Waals surface area contributed by atoms with Crippen LogP contribution in [0.3, 0.4) is 0 Å². The molecule has 2 aromatic carbocycles. The predicted molar refractivity (Wildman–Crippen MR) is 92.2 cm³/mol. The third kappa shape index (κ3) is 5.21. The van der Waals surface area contributed by atoms with Crippen LogP contribution in [0.2, 0.25) is 0 Å². The highest BCUT2D eigenvalue weighted by atomic mass is 16.3. The quantitative estimate of drug-likeness (QED) is 0.817. The number of carbonyl (C=O) groups is 2. The van der Waals surface area contributed by atoms with Gasteiger partial charge in [0.15, 0.2) is 0 Å². The normalized spacial score (nSPS) is 10.2. The summed E-state index contributed by atoms with van der Waals surface area (Å²) in [6.45, 7) is 2.55. The number of aliphatic hydroxyl groups is 1. The van der Waals surface area contributed by atoms with Gasteiger partial charge in [-0.1, -0.05) is 42.5 Å². The van der Waals surface area contributed by atoms with E-state index in [2.05, 4.69) is 5.32 Å². The Bertz CT molecular complexity index is 669. The minimum absolute atomic E-state index is 0.0841. The molecule has 0 bridgehead atoms. The number of rotatable bonds is 7. The largest absolute Gasteiger partial charge is 0.395 e. The van der Waals surface area contributed by atoms with Gasteiger partial charge in [0.2, 0.25) is 5.91 Å². The van der Waals surface area contributed by atoms with E-state index >= 15 is 0 Å². The summed E-state index contributed by atoms with van der Waals surface area (Å²) in [5.74, 6) is -0.217. The topological polar surface area (TPSA) is 69.6 Å². The van der Waals surface area contributed by atoms with Gasteiger partial charge in [-0.05, 0) is 23.3 Å². The monoisotopic (exact) mass is 326 g/mol. The number of nitrogens with one attached hydrogen (secondary N) is 1. The highest BCUT2D eigenvalue weighted by molar-refractivity contribution is 5.94. The minimum Gasteiger partial charge on any atom is -0.395 e. The number of benzene rings is 2. The molecule has 0 aliphatic heterocycles. The SMILES string of the molecule is CC(=O)NCc1ccc(C(=O)N(CCO)Cc2ccccc2)cc1. The Balaban J connectivity index is 2.07. The standard InChI is InChI=1S/C19H22N2O3/c1-15(23)20-13-16-7-9-18(10-8-16)19(24)21(11-12-22)14-17-5-3-2-4-6-17/h2-10,22H,11-14H2,1H3,(H,20,23). The van der Waals surface area contributed by atoms with Crippen molar-refractivity contribution in [3.05, 3.63) is 71.3 Å². The molecule has 0 saturated heterocycles. The maximum absolute atomic E-state index is 12.7. The van der Waals surface area contributed by atoms with E-state index in [-0.39, 0.29) is 25.0 Å². The number of hydrogen-bond acceptors (Lipinski definition) is 3. The van der Waals surface area contributed by atoms with Crippen LogP contribution in [0, 0.1) is 0 Å². The fourth-order valence-corrected chi connectivity index (χ4v) is 2.35. The molecule has 0 heterocycles. The molecule has 2 amide bonds. The average Bonchev–Trinajstić information content (AvgIpc) is 2.60. The summed E-state index contributed by atoms with van der Waals surface area (Å²) in [4.78, 5) is 25.2. The van der Waals surface area contributed by atoms with Crippen molar-refractivity contribution < 1.29 is 14.7 Å². The van der Waals surface area contributed by atoms with Gasteiger partial charge in [0.05, 0.1) is 6.61 Å². The van der Waals surface area contributed by atoms with E-state index in [4.69, 9.17) is 0 Å². The number of nitrogens with zero attached hydrogens (tertiary/aromatic N) is 1. The van der Waals surface area contributed by atoms with Gasteiger partial charge < -0.3 is 15.3 Å². The molecule has 126 valence electrons. The van der Waals surface area contributed by atoms with Crippen LogP contribution in [0.5, 0.6) is 0 Å². The van der Waals surface area contributed by atoms with Crippen molar-refractivity contribution in [2.24, 2.45) is 0 Å². The summed E-state index contributed by atoms with van der Waals surface area (Å²) in [7, 11) is 0. The molecule has 0 saturated carbocycles. The number of amides is 2. The summed E-state index contributed by atoms with van der Waals surface area (Å²) in [5.41, 5.74) is 2.51. The van der Waals surface area contributed by atoms with Crippen LogP contribution in [-0.4, -0.2) is 35.0 Å². The molecule has 2 N–H and O–H groups in total. The first-order chi connectivity index (χ1) is 11.6. The summed E-state index contributed by atoms with van der Waals surface area (Å²) in [5, 5.41) is 12.0. The zero-order chi connectivity index (χ0) is 17.4. The lowest BCUT2D eigenvalue weighted by atomic mass is 10.1. The molecule has 0 spiro atoms. The lowest BCUT2D eigenvalue weighted by Crippen LogP contribution is -2.33. The van der Waals surface area contributed by atoms with Crippen LogP contribution in [-0.2, 0) is 17.9 Å². The molecule has 2 rings (SSSR count). The molecule has 5 nitrogen and oxygen atoms in total. The van der Waals surface area contributed by atoms with Crippen LogP contribution in [0.15, 0.2) is 54.6 Å². The average molecular weight is 326 g/mol. The van der Waals surface area contributed by atoms with Gasteiger partial charge in [-0.25, -0.2) is 0 Å². The van der Waals surface area contributed by atoms with Gasteiger partial charge in [0.25, 0.3) is 5.91 Å². The molecule has 2 aromatic rings. The van der Waals surface area contributed by atoms with Crippen molar-refractivity contribution in [2.75, 3.05) is 13.2 Å². The molecule has 0 aliphatic rings. The summed E-state index contributed by atoms with van der Waals surface area (Å²) in [6, 6.07) is 16.8. The maximum Gasteiger partial charge on any atom is 0.254 e. The lowest BCUT2D eigenvalue weighted by molar-refractivity contribution is -0.119. The van der Waals surface area contributed by atoms with Crippen LogP contribution >= 0.6 is 0 Å². The first kappa shape index (κ1) is 17.7. The molecular weight excluding hydrogens is 304 g/mol. The first-order valence-electron chi connectivity index (χ1n) is 7.87. The zero-order valence-corrected chi connectivity index (χ0v) is 13.7. The first-order valence-corrected chi connectivity index (χ1v) is 7.87. The molecule has 0 unspecified atom stereocenters. The zero-order valence-electron chi connectivity index (χ0n) is 13.7. The van der Waals surface area contributed by atoms with Gasteiger partial charge in [-0.15, -0.1) is 0 Å². The molecule has 0 aromatic heterocycles. The summed E-state index contributed by atoms with van der Waals surface area (Å²) in [6.07, 6.45) is 0. The Kier molecular flexibility index (Phi) is 6.51. The Labute approximate surface area is 141 Å². The second kappa shape index (κ2) is 8.84. The fourth-order valence-electron chi connectivity index (χ4n) is 2.35. The summed E-state index contributed by atoms with van der Waals surface area (Å²) < 4.78 is 0. The molecule has 24 heavy (non-hydrogen) atoms. The van der Waals surface area contributed by atoms with Gasteiger partial charge in [-0.3, -0.25) is 9.59 Å². The Morgan fingerprint density at radius 1 is 1.00 bits per heavy atom. The van der Waals surface area contributed by atoms with Crippen LogP contribution in [0.25, 0.3) is 0 Å². The molecule has 0 radical (unpaired) electrons. The predicted octanol–water partition coefficient (Wildman–Crippen LogP) is 1.96. The second-order valence-electron chi connectivity index (χ2n) is 5.54. The van der Waals surface area contributed by atoms with Crippen molar-refractivity contribution >= 4 is 11.8 Å². The van der Waals surface area contributed by atoms with E-state index in [1.54, 1.807) is 17.0 Å². The molecule has 0 fully saturated rings. The lowest BCUT2D eigenvalue weighted by Gasteiger charge is -2.22. The number of carbonyl (C=O) groups excluding carboxylic acids is 2. The highest BCUT2D eigenvalue weighted by Crippen LogP contribution is 2.11. The van der Waals surface area contributed by atoms with Crippen molar-refractivity contribution in [3.8, 4) is 0 Å². The minimum atomic E-state index is -0.126. The molecule has 0 aliphatic carbocycles. The number of hydrogen-bond donors (Lipinski definition) is 2. The van der Waals surface area contributed by atoms with E-state index in [1.165, 1.54) is 6.92 Å². The van der Waals surface area contributed by atoms with Crippen molar-refractivity contribution in [1.82, 2.24) is 10.2 Å². The van der Waals surface area contributed by atoms with Crippen LogP contribution in [0.4, 0.5) is 0 Å². The third-order valence-electron chi connectivity index (χ3n) is 3.62. The van der Waals surface area contributed by atoms with Crippen LogP contribution < -0.4 is 5.32 Å². The van der Waals surface area contributed by atoms with Gasteiger partial charge in [0, 0.05) is 32.1 Å². The second-order valence-corrected chi connectivity index (χ2v) is 5.54. The number of aliphatic hydroxyl groups excluding tert-OH is 1. The maximum atomic E-state index is 12.7. The van der Waals surface area contributed by atoms with Crippen molar-refractivity contribution in [2.45, 2.75) is 20.0 Å².